The van der Waals surface area contributed by atoms with E-state index < -0.39 is 10.0 Å². The molecule has 0 spiro atoms. The van der Waals surface area contributed by atoms with E-state index in [9.17, 15) is 13.2 Å². The minimum atomic E-state index is -3.45. The molecule has 21 heavy (non-hydrogen) atoms. The summed E-state index contributed by atoms with van der Waals surface area (Å²) in [5.41, 5.74) is 0.904. The molecule has 1 aromatic carbocycles. The minimum absolute atomic E-state index is 0.270. The van der Waals surface area contributed by atoms with Crippen molar-refractivity contribution in [2.45, 2.75) is 17.7 Å². The average Bonchev–Trinajstić information content (AvgIpc) is 2.53. The number of carbonyl (C=O) groups excluding carboxylic acids is 1. The van der Waals surface area contributed by atoms with Crippen molar-refractivity contribution in [2.75, 3.05) is 33.4 Å². The van der Waals surface area contributed by atoms with Gasteiger partial charge in [-0.3, -0.25) is 4.79 Å². The smallest absolute Gasteiger partial charge is 0.305 e. The third-order valence-electron chi connectivity index (χ3n) is 3.38. The predicted octanol–water partition coefficient (Wildman–Crippen LogP) is 0.813. The second-order valence-electron chi connectivity index (χ2n) is 4.74. The molecular weight excluding hydrogens is 294 g/mol. The molecule has 0 aromatic heterocycles. The Labute approximate surface area is 124 Å². The van der Waals surface area contributed by atoms with Crippen LogP contribution < -0.4 is 0 Å². The Bertz CT molecular complexity index is 576. The number of benzene rings is 1. The Hall–Kier alpha value is -1.44. The third-order valence-corrected chi connectivity index (χ3v) is 5.29. The van der Waals surface area contributed by atoms with Gasteiger partial charge in [0.25, 0.3) is 0 Å². The minimum Gasteiger partial charge on any atom is -0.469 e. The Balaban J connectivity index is 2.05. The second-order valence-corrected chi connectivity index (χ2v) is 6.67. The summed E-state index contributed by atoms with van der Waals surface area (Å²) in [6.45, 7) is 1.62. The zero-order valence-corrected chi connectivity index (χ0v) is 12.8. The summed E-state index contributed by atoms with van der Waals surface area (Å²) < 4.78 is 36.0. The van der Waals surface area contributed by atoms with Gasteiger partial charge in [0.1, 0.15) is 0 Å². The van der Waals surface area contributed by atoms with Gasteiger partial charge in [-0.1, -0.05) is 12.1 Å². The molecule has 7 heteroatoms. The van der Waals surface area contributed by atoms with Gasteiger partial charge in [0, 0.05) is 19.5 Å². The molecule has 0 saturated carbocycles. The van der Waals surface area contributed by atoms with E-state index in [2.05, 4.69) is 4.74 Å². The number of sulfonamides is 1. The van der Waals surface area contributed by atoms with Crippen LogP contribution in [0.5, 0.6) is 0 Å². The van der Waals surface area contributed by atoms with E-state index in [-0.39, 0.29) is 17.3 Å². The van der Waals surface area contributed by atoms with Crippen molar-refractivity contribution in [3.8, 4) is 0 Å². The topological polar surface area (TPSA) is 72.9 Å². The number of morpholine rings is 1. The van der Waals surface area contributed by atoms with Crippen LogP contribution in [-0.4, -0.2) is 52.1 Å². The number of carbonyl (C=O) groups is 1. The molecule has 1 fully saturated rings. The molecule has 116 valence electrons. The van der Waals surface area contributed by atoms with Crippen LogP contribution in [0, 0.1) is 0 Å². The number of hydrogen-bond acceptors (Lipinski definition) is 5. The van der Waals surface area contributed by atoms with E-state index in [0.29, 0.717) is 32.7 Å². The van der Waals surface area contributed by atoms with Gasteiger partial charge < -0.3 is 9.47 Å². The fraction of sp³-hybridized carbons (Fsp3) is 0.500. The van der Waals surface area contributed by atoms with Gasteiger partial charge >= 0.3 is 5.97 Å². The van der Waals surface area contributed by atoms with Crippen LogP contribution in [0.3, 0.4) is 0 Å². The normalized spacial score (nSPS) is 16.6. The van der Waals surface area contributed by atoms with Gasteiger partial charge in [-0.05, 0) is 24.1 Å². The highest BCUT2D eigenvalue weighted by molar-refractivity contribution is 7.89. The largest absolute Gasteiger partial charge is 0.469 e. The lowest BCUT2D eigenvalue weighted by Crippen LogP contribution is -2.40. The first-order valence-corrected chi connectivity index (χ1v) is 8.21. The maximum Gasteiger partial charge on any atom is 0.305 e. The lowest BCUT2D eigenvalue weighted by atomic mass is 10.1. The SMILES string of the molecule is COC(=O)CCc1ccc(S(=O)(=O)N2CCOCC2)cc1. The molecule has 6 nitrogen and oxygen atoms in total. The lowest BCUT2D eigenvalue weighted by molar-refractivity contribution is -0.140. The quantitative estimate of drug-likeness (QED) is 0.752. The summed E-state index contributed by atoms with van der Waals surface area (Å²) in [7, 11) is -2.11. The van der Waals surface area contributed by atoms with Crippen LogP contribution >= 0.6 is 0 Å². The number of nitrogens with zero attached hydrogens (tertiary/aromatic N) is 1. The van der Waals surface area contributed by atoms with Gasteiger partial charge in [0.2, 0.25) is 10.0 Å². The van der Waals surface area contributed by atoms with E-state index in [4.69, 9.17) is 4.74 Å². The Morgan fingerprint density at radius 1 is 1.24 bits per heavy atom. The molecule has 0 N–H and O–H groups in total. The first-order chi connectivity index (χ1) is 10.0. The molecule has 1 heterocycles. The Morgan fingerprint density at radius 3 is 2.43 bits per heavy atom. The van der Waals surface area contributed by atoms with Crippen LogP contribution in [0.15, 0.2) is 29.2 Å². The molecule has 2 rings (SSSR count). The van der Waals surface area contributed by atoms with Crippen molar-refractivity contribution in [3.63, 3.8) is 0 Å². The maximum absolute atomic E-state index is 12.4. The van der Waals surface area contributed by atoms with Gasteiger partial charge in [0.15, 0.2) is 0 Å². The van der Waals surface area contributed by atoms with Crippen molar-refractivity contribution >= 4 is 16.0 Å². The average molecular weight is 313 g/mol. The fourth-order valence-electron chi connectivity index (χ4n) is 2.11. The molecule has 0 unspecified atom stereocenters. The number of ether oxygens (including phenoxy) is 2. The van der Waals surface area contributed by atoms with Crippen molar-refractivity contribution in [1.29, 1.82) is 0 Å². The van der Waals surface area contributed by atoms with Gasteiger partial charge in [-0.25, -0.2) is 8.42 Å². The first-order valence-electron chi connectivity index (χ1n) is 6.77. The number of esters is 1. The van der Waals surface area contributed by atoms with Crippen molar-refractivity contribution in [1.82, 2.24) is 4.31 Å². The molecule has 1 aliphatic heterocycles. The molecule has 1 saturated heterocycles. The van der Waals surface area contributed by atoms with Crippen LogP contribution in [0.4, 0.5) is 0 Å². The zero-order chi connectivity index (χ0) is 15.3. The zero-order valence-electron chi connectivity index (χ0n) is 11.9. The highest BCUT2D eigenvalue weighted by atomic mass is 32.2. The summed E-state index contributed by atoms with van der Waals surface area (Å²) in [4.78, 5) is 11.4. The maximum atomic E-state index is 12.4. The number of hydrogen-bond donors (Lipinski definition) is 0. The summed E-state index contributed by atoms with van der Waals surface area (Å²) in [6, 6.07) is 6.63. The summed E-state index contributed by atoms with van der Waals surface area (Å²) in [5.74, 6) is -0.278. The van der Waals surface area contributed by atoms with Crippen molar-refractivity contribution < 1.29 is 22.7 Å². The fourth-order valence-corrected chi connectivity index (χ4v) is 3.52. The first kappa shape index (κ1) is 15.9. The van der Waals surface area contributed by atoms with Gasteiger partial charge in [-0.15, -0.1) is 0 Å². The summed E-state index contributed by atoms with van der Waals surface area (Å²) in [5, 5.41) is 0. The lowest BCUT2D eigenvalue weighted by Gasteiger charge is -2.26. The van der Waals surface area contributed by atoms with Crippen LogP contribution in [-0.2, 0) is 30.7 Å². The monoisotopic (exact) mass is 313 g/mol. The standard InChI is InChI=1S/C14H19NO5S/c1-19-14(16)7-4-12-2-5-13(6-3-12)21(17,18)15-8-10-20-11-9-15/h2-3,5-6H,4,7-11H2,1H3. The molecule has 1 aromatic rings. The highest BCUT2D eigenvalue weighted by Gasteiger charge is 2.25. The number of aryl methyl sites for hydroxylation is 1. The predicted molar refractivity (Wildman–Crippen MR) is 76.4 cm³/mol. The van der Waals surface area contributed by atoms with Crippen LogP contribution in [0.1, 0.15) is 12.0 Å². The van der Waals surface area contributed by atoms with E-state index in [1.807, 2.05) is 0 Å². The molecule has 0 radical (unpaired) electrons. The van der Waals surface area contributed by atoms with Crippen LogP contribution in [0.2, 0.25) is 0 Å². The van der Waals surface area contributed by atoms with Crippen LogP contribution in [0.25, 0.3) is 0 Å². The Kier molecular flexibility index (Phi) is 5.33. The van der Waals surface area contributed by atoms with E-state index in [0.717, 1.165) is 5.56 Å². The molecule has 0 amide bonds. The summed E-state index contributed by atoms with van der Waals surface area (Å²) in [6.07, 6.45) is 0.816. The second kappa shape index (κ2) is 7.02. The summed E-state index contributed by atoms with van der Waals surface area (Å²) >= 11 is 0. The number of rotatable bonds is 5. The molecule has 1 aliphatic rings. The van der Waals surface area contributed by atoms with Gasteiger partial charge in [-0.2, -0.15) is 4.31 Å². The third kappa shape index (κ3) is 4.03. The Morgan fingerprint density at radius 2 is 1.86 bits per heavy atom. The van der Waals surface area contributed by atoms with E-state index in [1.54, 1.807) is 24.3 Å². The molecule has 0 aliphatic carbocycles. The molecular formula is C14H19NO5S. The highest BCUT2D eigenvalue weighted by Crippen LogP contribution is 2.18. The molecule has 0 bridgehead atoms. The number of methoxy groups -OCH3 is 1. The van der Waals surface area contributed by atoms with Crippen molar-refractivity contribution in [2.24, 2.45) is 0 Å². The van der Waals surface area contributed by atoms with Crippen molar-refractivity contribution in [3.05, 3.63) is 29.8 Å². The van der Waals surface area contributed by atoms with Gasteiger partial charge in [0.05, 0.1) is 25.2 Å². The van der Waals surface area contributed by atoms with E-state index >= 15 is 0 Å². The van der Waals surface area contributed by atoms with E-state index in [1.165, 1.54) is 11.4 Å². The molecule has 0 atom stereocenters.